The van der Waals surface area contributed by atoms with Crippen molar-refractivity contribution in [2.75, 3.05) is 0 Å². The molecule has 0 saturated heterocycles. The number of aromatic nitrogens is 2. The Kier molecular flexibility index (Phi) is 4.55. The van der Waals surface area contributed by atoms with Gasteiger partial charge in [-0.1, -0.05) is 6.07 Å². The fourth-order valence-corrected chi connectivity index (χ4v) is 3.03. The third-order valence-corrected chi connectivity index (χ3v) is 4.60. The number of rotatable bonds is 5. The molecule has 0 radical (unpaired) electrons. The molecule has 1 atom stereocenters. The molecule has 0 bridgehead atoms. The van der Waals surface area contributed by atoms with E-state index in [1.165, 1.54) is 29.5 Å². The summed E-state index contributed by atoms with van der Waals surface area (Å²) >= 11 is 1.47. The monoisotopic (exact) mass is 384 g/mol. The van der Waals surface area contributed by atoms with E-state index in [9.17, 15) is 9.18 Å². The highest BCUT2D eigenvalue weighted by Gasteiger charge is 2.22. The van der Waals surface area contributed by atoms with Crippen molar-refractivity contribution in [1.82, 2.24) is 10.2 Å². The SMILES string of the molecule is CC(OC(=O)c1ccc(-c2ccc(F)cc2)o1)c1nnc(-c2cccs2)o1. The molecule has 4 rings (SSSR count). The lowest BCUT2D eigenvalue weighted by Crippen LogP contribution is -2.08. The Morgan fingerprint density at radius 2 is 1.93 bits per heavy atom. The van der Waals surface area contributed by atoms with Crippen molar-refractivity contribution in [3.8, 4) is 22.1 Å². The highest BCUT2D eigenvalue weighted by molar-refractivity contribution is 7.13. The molecule has 27 heavy (non-hydrogen) atoms. The maximum atomic E-state index is 13.0. The summed E-state index contributed by atoms with van der Waals surface area (Å²) < 4.78 is 29.4. The first kappa shape index (κ1) is 17.2. The Bertz CT molecular complexity index is 1050. The lowest BCUT2D eigenvalue weighted by Gasteiger charge is -2.07. The summed E-state index contributed by atoms with van der Waals surface area (Å²) in [7, 11) is 0. The van der Waals surface area contributed by atoms with Crippen LogP contribution in [0.1, 0.15) is 29.5 Å². The molecule has 6 nitrogen and oxygen atoms in total. The summed E-state index contributed by atoms with van der Waals surface area (Å²) in [4.78, 5) is 13.1. The molecule has 0 aliphatic rings. The van der Waals surface area contributed by atoms with Gasteiger partial charge in [-0.2, -0.15) is 0 Å². The van der Waals surface area contributed by atoms with Gasteiger partial charge in [0.1, 0.15) is 11.6 Å². The third kappa shape index (κ3) is 3.65. The van der Waals surface area contributed by atoms with Crippen molar-refractivity contribution in [1.29, 1.82) is 0 Å². The zero-order valence-electron chi connectivity index (χ0n) is 14.1. The molecule has 0 aliphatic heterocycles. The largest absolute Gasteiger partial charge is 0.449 e. The van der Waals surface area contributed by atoms with E-state index < -0.39 is 12.1 Å². The van der Waals surface area contributed by atoms with Crippen LogP contribution in [0.2, 0.25) is 0 Å². The molecular weight excluding hydrogens is 371 g/mol. The van der Waals surface area contributed by atoms with E-state index in [1.807, 2.05) is 17.5 Å². The first-order valence-electron chi connectivity index (χ1n) is 8.04. The second-order valence-electron chi connectivity index (χ2n) is 5.64. The van der Waals surface area contributed by atoms with Crippen LogP contribution in [0.15, 0.2) is 62.7 Å². The van der Waals surface area contributed by atoms with E-state index in [-0.39, 0.29) is 17.5 Å². The van der Waals surface area contributed by atoms with Crippen LogP contribution in [-0.2, 0) is 4.74 Å². The van der Waals surface area contributed by atoms with E-state index in [0.717, 1.165) is 4.88 Å². The van der Waals surface area contributed by atoms with Crippen molar-refractivity contribution in [3.05, 3.63) is 71.4 Å². The fourth-order valence-electron chi connectivity index (χ4n) is 2.38. The molecule has 3 heterocycles. The van der Waals surface area contributed by atoms with Gasteiger partial charge in [-0.05, 0) is 54.8 Å². The van der Waals surface area contributed by atoms with Crippen molar-refractivity contribution >= 4 is 17.3 Å². The Labute approximate surface area is 157 Å². The normalized spacial score (nSPS) is 12.1. The summed E-state index contributed by atoms with van der Waals surface area (Å²) in [6.45, 7) is 1.63. The number of hydrogen-bond donors (Lipinski definition) is 0. The van der Waals surface area contributed by atoms with Gasteiger partial charge in [0.05, 0.1) is 4.88 Å². The van der Waals surface area contributed by atoms with Gasteiger partial charge in [0, 0.05) is 5.56 Å². The quantitative estimate of drug-likeness (QED) is 0.445. The minimum atomic E-state index is -0.738. The number of nitrogens with zero attached hydrogens (tertiary/aromatic N) is 2. The minimum absolute atomic E-state index is 0.0270. The van der Waals surface area contributed by atoms with Crippen LogP contribution >= 0.6 is 11.3 Å². The number of thiophene rings is 1. The lowest BCUT2D eigenvalue weighted by molar-refractivity contribution is 0.0245. The predicted molar refractivity (Wildman–Crippen MR) is 95.5 cm³/mol. The van der Waals surface area contributed by atoms with Gasteiger partial charge < -0.3 is 13.6 Å². The summed E-state index contributed by atoms with van der Waals surface area (Å²) in [5, 5.41) is 9.79. The molecule has 8 heteroatoms. The zero-order valence-corrected chi connectivity index (χ0v) is 14.9. The summed E-state index contributed by atoms with van der Waals surface area (Å²) in [6, 6.07) is 12.6. The number of benzene rings is 1. The van der Waals surface area contributed by atoms with E-state index in [4.69, 9.17) is 13.6 Å². The van der Waals surface area contributed by atoms with Gasteiger partial charge in [-0.3, -0.25) is 0 Å². The minimum Gasteiger partial charge on any atom is -0.449 e. The Morgan fingerprint density at radius 3 is 2.67 bits per heavy atom. The molecule has 1 unspecified atom stereocenters. The molecule has 0 amide bonds. The number of furan rings is 1. The molecule has 3 aromatic heterocycles. The highest BCUT2D eigenvalue weighted by atomic mass is 32.1. The average Bonchev–Trinajstić information content (AvgIpc) is 3.42. The molecule has 0 spiro atoms. The van der Waals surface area contributed by atoms with Gasteiger partial charge >= 0.3 is 5.97 Å². The maximum absolute atomic E-state index is 13.0. The van der Waals surface area contributed by atoms with Crippen molar-refractivity contribution in [3.63, 3.8) is 0 Å². The molecular formula is C19H13FN2O4S. The molecule has 0 fully saturated rings. The first-order chi connectivity index (χ1) is 13.1. The predicted octanol–water partition coefficient (Wildman–Crippen LogP) is 5.12. The number of hydrogen-bond acceptors (Lipinski definition) is 7. The van der Waals surface area contributed by atoms with Crippen LogP contribution in [0.5, 0.6) is 0 Å². The number of halogens is 1. The topological polar surface area (TPSA) is 78.4 Å². The van der Waals surface area contributed by atoms with Crippen LogP contribution < -0.4 is 0 Å². The molecule has 1 aromatic carbocycles. The fraction of sp³-hybridized carbons (Fsp3) is 0.105. The highest BCUT2D eigenvalue weighted by Crippen LogP contribution is 2.27. The Hall–Kier alpha value is -3.26. The smallest absolute Gasteiger partial charge is 0.375 e. The van der Waals surface area contributed by atoms with Crippen LogP contribution in [-0.4, -0.2) is 16.2 Å². The molecule has 136 valence electrons. The second-order valence-corrected chi connectivity index (χ2v) is 6.59. The van der Waals surface area contributed by atoms with Crippen molar-refractivity contribution < 1.29 is 22.8 Å². The van der Waals surface area contributed by atoms with E-state index >= 15 is 0 Å². The van der Waals surface area contributed by atoms with Crippen LogP contribution in [0.4, 0.5) is 4.39 Å². The maximum Gasteiger partial charge on any atom is 0.375 e. The second kappa shape index (κ2) is 7.16. The molecule has 4 aromatic rings. The third-order valence-electron chi connectivity index (χ3n) is 3.74. The summed E-state index contributed by atoms with van der Waals surface area (Å²) in [5.74, 6) is 0.0232. The molecule has 0 saturated carbocycles. The standard InChI is InChI=1S/C19H13FN2O4S/c1-11(17-21-22-18(26-17)16-3-2-10-27-16)24-19(23)15-9-8-14(25-15)12-4-6-13(20)7-5-12/h2-11H,1H3. The van der Waals surface area contributed by atoms with E-state index in [2.05, 4.69) is 10.2 Å². The number of carbonyl (C=O) groups is 1. The van der Waals surface area contributed by atoms with Crippen molar-refractivity contribution in [2.45, 2.75) is 13.0 Å². The Balaban J connectivity index is 1.45. The van der Waals surface area contributed by atoms with E-state index in [1.54, 1.807) is 25.1 Å². The molecule has 0 aliphatic carbocycles. The Morgan fingerprint density at radius 1 is 1.11 bits per heavy atom. The van der Waals surface area contributed by atoms with Crippen LogP contribution in [0.25, 0.3) is 22.1 Å². The van der Waals surface area contributed by atoms with Crippen LogP contribution in [0, 0.1) is 5.82 Å². The zero-order chi connectivity index (χ0) is 18.8. The van der Waals surface area contributed by atoms with Crippen molar-refractivity contribution in [2.24, 2.45) is 0 Å². The number of carbonyl (C=O) groups excluding carboxylic acids is 1. The van der Waals surface area contributed by atoms with Gasteiger partial charge in [0.15, 0.2) is 6.10 Å². The first-order valence-corrected chi connectivity index (χ1v) is 8.92. The van der Waals surface area contributed by atoms with Gasteiger partial charge in [-0.15, -0.1) is 21.5 Å². The lowest BCUT2D eigenvalue weighted by atomic mass is 10.2. The summed E-state index contributed by atoms with van der Waals surface area (Å²) in [6.07, 6.45) is -0.738. The molecule has 0 N–H and O–H groups in total. The van der Waals surface area contributed by atoms with Gasteiger partial charge in [0.2, 0.25) is 5.76 Å². The summed E-state index contributed by atoms with van der Waals surface area (Å²) in [5.41, 5.74) is 0.654. The van der Waals surface area contributed by atoms with Gasteiger partial charge in [-0.25, -0.2) is 9.18 Å². The van der Waals surface area contributed by atoms with E-state index in [0.29, 0.717) is 17.2 Å². The average molecular weight is 384 g/mol. The van der Waals surface area contributed by atoms with Gasteiger partial charge in [0.25, 0.3) is 11.8 Å². The number of esters is 1. The van der Waals surface area contributed by atoms with Crippen LogP contribution in [0.3, 0.4) is 0 Å². The number of ether oxygens (including phenoxy) is 1.